The third kappa shape index (κ3) is 4.37. The van der Waals surface area contributed by atoms with Crippen molar-refractivity contribution < 1.29 is 8.81 Å². The van der Waals surface area contributed by atoms with Crippen LogP contribution in [0.1, 0.15) is 22.5 Å². The summed E-state index contributed by atoms with van der Waals surface area (Å²) in [5, 5.41) is 12.3. The van der Waals surface area contributed by atoms with Gasteiger partial charge in [0.15, 0.2) is 5.11 Å². The van der Waals surface area contributed by atoms with E-state index in [1.165, 1.54) is 12.1 Å². The van der Waals surface area contributed by atoms with Gasteiger partial charge in [0.05, 0.1) is 23.6 Å². The highest BCUT2D eigenvalue weighted by Gasteiger charge is 2.16. The van der Waals surface area contributed by atoms with Crippen LogP contribution in [-0.4, -0.2) is 14.9 Å². The van der Waals surface area contributed by atoms with Crippen molar-refractivity contribution in [1.82, 2.24) is 9.78 Å². The van der Waals surface area contributed by atoms with Gasteiger partial charge < -0.3 is 15.1 Å². The van der Waals surface area contributed by atoms with Gasteiger partial charge in [-0.25, -0.2) is 9.18 Å². The maximum atomic E-state index is 14.2. The van der Waals surface area contributed by atoms with Gasteiger partial charge in [-0.15, -0.1) is 0 Å². The summed E-state index contributed by atoms with van der Waals surface area (Å²) in [7, 11) is 0. The van der Waals surface area contributed by atoms with Crippen molar-refractivity contribution in [3.8, 4) is 0 Å². The van der Waals surface area contributed by atoms with Crippen LogP contribution in [0.3, 0.4) is 0 Å². The number of halogens is 2. The molecule has 2 aromatic heterocycles. The fraction of sp³-hybridized carbons (Fsp3) is 0.174. The maximum absolute atomic E-state index is 14.2. The van der Waals surface area contributed by atoms with Gasteiger partial charge in [-0.05, 0) is 62.8 Å². The molecule has 4 aromatic rings. The molecule has 0 aliphatic carbocycles. The van der Waals surface area contributed by atoms with Gasteiger partial charge >= 0.3 is 5.63 Å². The highest BCUT2D eigenvalue weighted by molar-refractivity contribution is 7.80. The molecule has 164 valence electrons. The van der Waals surface area contributed by atoms with E-state index in [0.29, 0.717) is 32.7 Å². The Bertz CT molecular complexity index is 1390. The lowest BCUT2D eigenvalue weighted by Crippen LogP contribution is -2.20. The number of thiocarbonyl (C=S) groups is 1. The SMILES string of the molecule is Cc1nn(Cc2c(F)cccc2Cl)c(C)c1NC(=S)Nc1ccc2c(C)cc(=O)oc2c1. The second-order valence-corrected chi connectivity index (χ2v) is 8.26. The van der Waals surface area contributed by atoms with Crippen LogP contribution in [-0.2, 0) is 6.54 Å². The predicted molar refractivity (Wildman–Crippen MR) is 129 cm³/mol. The number of aryl methyl sites for hydroxylation is 2. The van der Waals surface area contributed by atoms with Gasteiger partial charge in [0, 0.05) is 33.8 Å². The minimum Gasteiger partial charge on any atom is -0.423 e. The Kier molecular flexibility index (Phi) is 5.99. The molecule has 0 aliphatic heterocycles. The van der Waals surface area contributed by atoms with Crippen molar-refractivity contribution >= 4 is 51.3 Å². The standard InChI is InChI=1S/C23H20ClFN4O2S/c1-12-9-21(30)31-20-10-15(7-8-16(12)20)26-23(32)27-22-13(2)28-29(14(22)3)11-17-18(24)5-4-6-19(17)25/h4-10H,11H2,1-3H3,(H2,26,27,32). The van der Waals surface area contributed by atoms with Crippen LogP contribution >= 0.6 is 23.8 Å². The lowest BCUT2D eigenvalue weighted by atomic mass is 10.1. The Morgan fingerprint density at radius 2 is 1.97 bits per heavy atom. The van der Waals surface area contributed by atoms with Gasteiger partial charge in [0.1, 0.15) is 11.4 Å². The molecular weight excluding hydrogens is 451 g/mol. The summed E-state index contributed by atoms with van der Waals surface area (Å²) in [4.78, 5) is 11.7. The summed E-state index contributed by atoms with van der Waals surface area (Å²) in [6.07, 6.45) is 0. The van der Waals surface area contributed by atoms with Crippen LogP contribution in [0.15, 0.2) is 51.7 Å². The van der Waals surface area contributed by atoms with Crippen LogP contribution in [0.4, 0.5) is 15.8 Å². The molecule has 0 saturated heterocycles. The Balaban J connectivity index is 1.54. The number of anilines is 2. The quantitative estimate of drug-likeness (QED) is 0.300. The first-order chi connectivity index (χ1) is 15.2. The summed E-state index contributed by atoms with van der Waals surface area (Å²) < 4.78 is 21.2. The van der Waals surface area contributed by atoms with Gasteiger partial charge in [0.25, 0.3) is 0 Å². The molecule has 0 aliphatic rings. The van der Waals surface area contributed by atoms with E-state index in [-0.39, 0.29) is 12.4 Å². The van der Waals surface area contributed by atoms with Crippen molar-refractivity contribution in [2.24, 2.45) is 0 Å². The number of nitrogens with zero attached hydrogens (tertiary/aromatic N) is 2. The van der Waals surface area contributed by atoms with E-state index < -0.39 is 5.63 Å². The lowest BCUT2D eigenvalue weighted by molar-refractivity contribution is 0.560. The summed E-state index contributed by atoms with van der Waals surface area (Å²) in [5.74, 6) is -0.380. The molecule has 2 heterocycles. The summed E-state index contributed by atoms with van der Waals surface area (Å²) >= 11 is 11.6. The van der Waals surface area contributed by atoms with E-state index in [4.69, 9.17) is 28.2 Å². The minimum absolute atomic E-state index is 0.198. The molecule has 9 heteroatoms. The van der Waals surface area contributed by atoms with Gasteiger partial charge in [-0.2, -0.15) is 5.10 Å². The number of fused-ring (bicyclic) bond motifs is 1. The van der Waals surface area contributed by atoms with Crippen molar-refractivity contribution in [2.45, 2.75) is 27.3 Å². The summed E-state index contributed by atoms with van der Waals surface area (Å²) in [6, 6.07) is 11.5. The molecule has 0 spiro atoms. The highest BCUT2D eigenvalue weighted by atomic mass is 35.5. The Morgan fingerprint density at radius 3 is 2.72 bits per heavy atom. The van der Waals surface area contributed by atoms with Crippen molar-refractivity contribution in [3.63, 3.8) is 0 Å². The third-order valence-electron chi connectivity index (χ3n) is 5.20. The summed E-state index contributed by atoms with van der Waals surface area (Å²) in [6.45, 7) is 5.76. The second kappa shape index (κ2) is 8.72. The fourth-order valence-corrected chi connectivity index (χ4v) is 3.99. The molecule has 2 aromatic carbocycles. The maximum Gasteiger partial charge on any atom is 0.336 e. The predicted octanol–water partition coefficient (Wildman–Crippen LogP) is 5.56. The van der Waals surface area contributed by atoms with E-state index in [1.54, 1.807) is 22.9 Å². The molecule has 6 nitrogen and oxygen atoms in total. The monoisotopic (exact) mass is 470 g/mol. The zero-order chi connectivity index (χ0) is 23.0. The minimum atomic E-state index is -0.401. The largest absolute Gasteiger partial charge is 0.423 e. The normalized spacial score (nSPS) is 11.0. The van der Waals surface area contributed by atoms with Gasteiger partial charge in [0.2, 0.25) is 0 Å². The Hall–Kier alpha value is -3.23. The molecule has 32 heavy (non-hydrogen) atoms. The number of benzene rings is 2. The number of nitrogens with one attached hydrogen (secondary N) is 2. The Morgan fingerprint density at radius 1 is 1.19 bits per heavy atom. The smallest absolute Gasteiger partial charge is 0.336 e. The van der Waals surface area contributed by atoms with E-state index in [1.807, 2.05) is 32.9 Å². The number of hydrogen-bond acceptors (Lipinski definition) is 4. The third-order valence-corrected chi connectivity index (χ3v) is 5.76. The van der Waals surface area contributed by atoms with E-state index in [2.05, 4.69) is 15.7 Å². The van der Waals surface area contributed by atoms with E-state index in [9.17, 15) is 9.18 Å². The van der Waals surface area contributed by atoms with Crippen LogP contribution in [0, 0.1) is 26.6 Å². The number of aromatic nitrogens is 2. The van der Waals surface area contributed by atoms with Crippen molar-refractivity contribution in [3.05, 3.63) is 86.2 Å². The number of rotatable bonds is 4. The first-order valence-corrected chi connectivity index (χ1v) is 10.6. The lowest BCUT2D eigenvalue weighted by Gasteiger charge is -2.12. The van der Waals surface area contributed by atoms with Crippen molar-refractivity contribution in [1.29, 1.82) is 0 Å². The van der Waals surface area contributed by atoms with Crippen molar-refractivity contribution in [2.75, 3.05) is 10.6 Å². The van der Waals surface area contributed by atoms with Crippen LogP contribution in [0.5, 0.6) is 0 Å². The molecule has 0 fully saturated rings. The molecule has 0 unspecified atom stereocenters. The Labute approximate surface area is 194 Å². The van der Waals surface area contributed by atoms with E-state index >= 15 is 0 Å². The zero-order valence-corrected chi connectivity index (χ0v) is 19.2. The fourth-order valence-electron chi connectivity index (χ4n) is 3.54. The van der Waals surface area contributed by atoms with Gasteiger partial charge in [-0.1, -0.05) is 17.7 Å². The van der Waals surface area contributed by atoms with Crippen LogP contribution < -0.4 is 16.3 Å². The van der Waals surface area contributed by atoms with Gasteiger partial charge in [-0.3, -0.25) is 4.68 Å². The average Bonchev–Trinajstić information content (AvgIpc) is 2.97. The van der Waals surface area contributed by atoms with Crippen LogP contribution in [0.2, 0.25) is 5.02 Å². The molecular formula is C23H20ClFN4O2S. The molecule has 0 amide bonds. The van der Waals surface area contributed by atoms with Crippen LogP contribution in [0.25, 0.3) is 11.0 Å². The molecule has 0 radical (unpaired) electrons. The molecule has 2 N–H and O–H groups in total. The zero-order valence-electron chi connectivity index (χ0n) is 17.6. The molecule has 0 bridgehead atoms. The highest BCUT2D eigenvalue weighted by Crippen LogP contribution is 2.25. The number of hydrogen-bond donors (Lipinski definition) is 2. The molecule has 4 rings (SSSR count). The molecule has 0 saturated carbocycles. The average molecular weight is 471 g/mol. The first-order valence-electron chi connectivity index (χ1n) is 9.82. The topological polar surface area (TPSA) is 72.1 Å². The summed E-state index contributed by atoms with van der Waals surface area (Å²) in [5.41, 5.74) is 4.18. The molecule has 0 atom stereocenters. The first kappa shape index (κ1) is 22.0. The second-order valence-electron chi connectivity index (χ2n) is 7.44. The van der Waals surface area contributed by atoms with E-state index in [0.717, 1.165) is 22.3 Å².